The number of rotatable bonds is 12. The number of likely N-dealkylation sites (N-methyl/N-ethyl adjacent to an activating group) is 7. The van der Waals surface area contributed by atoms with Crippen LogP contribution in [0.3, 0.4) is 0 Å². The molecule has 3 heterocycles. The molecule has 7 fully saturated rings. The minimum Gasteiger partial charge on any atom is -0.381 e. The van der Waals surface area contributed by atoms with Crippen LogP contribution in [0, 0.1) is 52.8 Å². The summed E-state index contributed by atoms with van der Waals surface area (Å²) in [7, 11) is 11.1. The zero-order valence-corrected chi connectivity index (χ0v) is 66.6. The molecule has 31 heteroatoms. The van der Waals surface area contributed by atoms with Gasteiger partial charge in [-0.1, -0.05) is 72.5 Å². The first-order valence-corrected chi connectivity index (χ1v) is 39.7. The van der Waals surface area contributed by atoms with E-state index in [2.05, 4.69) is 16.0 Å². The molecule has 0 aromatic heterocycles. The van der Waals surface area contributed by atoms with Crippen molar-refractivity contribution in [3.63, 3.8) is 0 Å². The van der Waals surface area contributed by atoms with Crippen LogP contribution in [0.2, 0.25) is 0 Å². The number of amides is 12. The predicted octanol–water partition coefficient (Wildman–Crippen LogP) is 7.09. The molecule has 614 valence electrons. The third kappa shape index (κ3) is 20.6. The second kappa shape index (κ2) is 36.6. The Morgan fingerprint density at radius 1 is 0.642 bits per heavy atom. The summed E-state index contributed by atoms with van der Waals surface area (Å²) in [4.78, 5) is 194. The van der Waals surface area contributed by atoms with Crippen LogP contribution in [0.4, 0.5) is 26.3 Å². The smallest absolute Gasteiger partial charge is 0.381 e. The highest BCUT2D eigenvalue weighted by Crippen LogP contribution is 2.50. The summed E-state index contributed by atoms with van der Waals surface area (Å²) in [5, 5.41) is 8.82. The molecule has 12 amide bonds. The number of methoxy groups -OCH3 is 1. The predicted molar refractivity (Wildman–Crippen MR) is 392 cm³/mol. The molecular weight excluding hydrogens is 1430 g/mol. The molecule has 3 unspecified atom stereocenters. The average molecular weight is 1550 g/mol. The first-order chi connectivity index (χ1) is 51.1. The molecular formula is C78H122F6N12O13. The van der Waals surface area contributed by atoms with Gasteiger partial charge in [-0.05, 0) is 170 Å². The molecule has 3 N–H and O–H groups in total. The van der Waals surface area contributed by atoms with Gasteiger partial charge in [-0.3, -0.25) is 57.5 Å². The van der Waals surface area contributed by atoms with Crippen molar-refractivity contribution < 1.29 is 88.6 Å². The van der Waals surface area contributed by atoms with Gasteiger partial charge >= 0.3 is 12.4 Å². The van der Waals surface area contributed by atoms with E-state index in [0.29, 0.717) is 44.9 Å². The summed E-state index contributed by atoms with van der Waals surface area (Å²) in [6, 6.07) is -10.5. The van der Waals surface area contributed by atoms with Crippen molar-refractivity contribution in [2.75, 3.05) is 89.2 Å². The van der Waals surface area contributed by atoms with Crippen LogP contribution in [0.5, 0.6) is 0 Å². The molecule has 0 aromatic carbocycles. The Morgan fingerprint density at radius 3 is 1.83 bits per heavy atom. The van der Waals surface area contributed by atoms with Crippen molar-refractivity contribution in [1.29, 1.82) is 0 Å². The van der Waals surface area contributed by atoms with E-state index in [9.17, 15) is 45.5 Å². The molecule has 1 spiro atoms. The number of carbonyl (C=O) groups is 12. The average Bonchev–Trinajstić information content (AvgIpc) is 1.40. The normalized spacial score (nSPS) is 32.3. The fraction of sp³-hybridized carbons (Fsp3) is 0.821. The highest BCUT2D eigenvalue weighted by molar-refractivity contribution is 6.01. The molecule has 0 aromatic rings. The molecule has 2 bridgehead atoms. The van der Waals surface area contributed by atoms with E-state index in [0.717, 1.165) is 21.1 Å². The maximum Gasteiger partial charge on any atom is 0.394 e. The third-order valence-electron chi connectivity index (χ3n) is 25.7. The molecule has 109 heavy (non-hydrogen) atoms. The van der Waals surface area contributed by atoms with Crippen LogP contribution >= 0.6 is 0 Å². The zero-order valence-electron chi connectivity index (χ0n) is 66.6. The fourth-order valence-electron chi connectivity index (χ4n) is 18.7. The number of nitrogens with one attached hydrogen (secondary N) is 3. The number of ether oxygens (including phenoxy) is 1. The number of hydrogen-bond acceptors (Lipinski definition) is 13. The van der Waals surface area contributed by atoms with Crippen molar-refractivity contribution in [3.8, 4) is 0 Å². The Kier molecular flexibility index (Phi) is 29.4. The number of halogens is 6. The second-order valence-corrected chi connectivity index (χ2v) is 34.1. The third-order valence-corrected chi connectivity index (χ3v) is 25.7. The second-order valence-electron chi connectivity index (χ2n) is 34.1. The first-order valence-electron chi connectivity index (χ1n) is 39.7. The number of carbonyl (C=O) groups excluding carboxylic acids is 12. The van der Waals surface area contributed by atoms with Crippen LogP contribution in [0.1, 0.15) is 196 Å². The van der Waals surface area contributed by atoms with E-state index in [1.165, 1.54) is 85.8 Å². The summed E-state index contributed by atoms with van der Waals surface area (Å²) >= 11 is 0. The summed E-state index contributed by atoms with van der Waals surface area (Å²) in [6.45, 7) is 9.63. The Labute approximate surface area is 639 Å². The highest BCUT2D eigenvalue weighted by atomic mass is 19.4. The summed E-state index contributed by atoms with van der Waals surface area (Å²) in [5.41, 5.74) is -2.19. The lowest BCUT2D eigenvalue weighted by molar-refractivity contribution is -0.215. The monoisotopic (exact) mass is 1550 g/mol. The summed E-state index contributed by atoms with van der Waals surface area (Å²) < 4.78 is 90.8. The highest BCUT2D eigenvalue weighted by Gasteiger charge is 2.60. The maximum absolute atomic E-state index is 15.8. The van der Waals surface area contributed by atoms with Gasteiger partial charge in [-0.15, -0.1) is 0 Å². The lowest BCUT2D eigenvalue weighted by Crippen LogP contribution is -2.71. The van der Waals surface area contributed by atoms with Crippen molar-refractivity contribution in [2.45, 2.75) is 268 Å². The lowest BCUT2D eigenvalue weighted by atomic mass is 9.58. The number of alkyl halides is 6. The van der Waals surface area contributed by atoms with Crippen molar-refractivity contribution >= 4 is 70.9 Å². The van der Waals surface area contributed by atoms with Gasteiger partial charge in [0, 0.05) is 76.1 Å². The first kappa shape index (κ1) is 87.5. The molecule has 5 aliphatic carbocycles. The molecule has 25 nitrogen and oxygen atoms in total. The Hall–Kier alpha value is -7.08. The minimum atomic E-state index is -4.55. The van der Waals surface area contributed by atoms with Crippen LogP contribution in [0.15, 0.2) is 12.2 Å². The van der Waals surface area contributed by atoms with Gasteiger partial charge in [0.05, 0.1) is 37.5 Å². The number of nitrogens with zero attached hydrogens (tertiary/aromatic N) is 9. The standard InChI is InChI=1S/C78H122F6N12O13/c1-15-47(4)63-72(106)90(9)43-62(99)91(10)55-27-18-17-21-36-95(71(55)105)58(38-48-28-32-52(33-29-48)77(79,80)81)70(104)89(8)42-60(97)85-54(35-31-49-30-34-53(78(82,83)84)59(39-49)109-14)68(102)96-41-46(3)37-56(96)66(100)87-76(44-75(5,6)45-76)74(108)94(13)65(51-23-19-20-24-51)73(107)92(11)57(69(103)88(7)16-2)40-61(98)93(12)64(67(101)86-63)50-25-22-26-50/h17-18,46-59,63-65H,15-16,19-45H2,1-14H3,(H,85,97)(H,86,101)(H,87,100)/b18-17-/t46-,47-,48?,49?,52?,53?,54-,55-,56-,57-,58-,59?,63-,64-,65-/m0/s1. The van der Waals surface area contributed by atoms with E-state index < -0.39 is 204 Å². The molecule has 13 atom stereocenters. The summed E-state index contributed by atoms with van der Waals surface area (Å²) in [5.74, 6) is -14.4. The van der Waals surface area contributed by atoms with Gasteiger partial charge in [0.15, 0.2) is 0 Å². The van der Waals surface area contributed by atoms with Gasteiger partial charge in [-0.2, -0.15) is 26.3 Å². The van der Waals surface area contributed by atoms with Gasteiger partial charge in [0.1, 0.15) is 53.9 Å². The minimum absolute atomic E-state index is 0.0121. The Bertz CT molecular complexity index is 3310. The Morgan fingerprint density at radius 2 is 1.26 bits per heavy atom. The van der Waals surface area contributed by atoms with Crippen LogP contribution < -0.4 is 16.0 Å². The van der Waals surface area contributed by atoms with Crippen molar-refractivity contribution in [1.82, 2.24) is 60.0 Å². The quantitative estimate of drug-likeness (QED) is 0.130. The summed E-state index contributed by atoms with van der Waals surface area (Å²) in [6.07, 6.45) is -3.07. The molecule has 0 radical (unpaired) electrons. The number of fused-ring (bicyclic) bond motifs is 3. The zero-order chi connectivity index (χ0) is 80.7. The van der Waals surface area contributed by atoms with Crippen molar-refractivity contribution in [3.05, 3.63) is 12.2 Å². The number of hydrogen-bond donors (Lipinski definition) is 3. The van der Waals surface area contributed by atoms with Crippen LogP contribution in [-0.4, -0.2) is 276 Å². The molecule has 3 aliphatic heterocycles. The van der Waals surface area contributed by atoms with Gasteiger partial charge in [0.2, 0.25) is 70.9 Å². The van der Waals surface area contributed by atoms with E-state index >= 15 is 38.4 Å². The van der Waals surface area contributed by atoms with Gasteiger partial charge in [-0.25, -0.2) is 0 Å². The molecule has 2 saturated heterocycles. The van der Waals surface area contributed by atoms with E-state index in [-0.39, 0.29) is 128 Å². The molecule has 8 aliphatic rings. The molecule has 8 rings (SSSR count). The van der Waals surface area contributed by atoms with Crippen LogP contribution in [0.25, 0.3) is 0 Å². The molecule has 5 saturated carbocycles. The SMILES string of the molecule is CC[C@H](C)[C@@H]1NC(=O)[C@H](C2CCC2)N(C)C(=O)C[C@@H](C(=O)N(C)CC)N(C)C(=O)[C@H](C2CCCC2)N(C)C(=O)C2(CC(C)(C)C2)NC(=O)[C@@H]2C[C@H](C)CN2C(=O)[C@H](CCC2CCC(C(F)(F)F)C(OC)C2)NC(=O)CN(C)C(=O)[C@H](CC2CCC(C(F)(F)F)CC2)N2CC/C=C\C[C@@H](C2=O)N(C)C(=O)CN(C)C1=O. The largest absolute Gasteiger partial charge is 0.394 e. The van der Waals surface area contributed by atoms with Crippen molar-refractivity contribution in [2.24, 2.45) is 52.8 Å². The maximum atomic E-state index is 15.8. The van der Waals surface area contributed by atoms with Crippen LogP contribution in [-0.2, 0) is 62.3 Å². The van der Waals surface area contributed by atoms with E-state index in [4.69, 9.17) is 4.74 Å². The van der Waals surface area contributed by atoms with Gasteiger partial charge in [0.25, 0.3) is 0 Å². The Balaban J connectivity index is 1.20. The fourth-order valence-corrected chi connectivity index (χ4v) is 18.7. The van der Waals surface area contributed by atoms with Gasteiger partial charge < -0.3 is 64.8 Å². The van der Waals surface area contributed by atoms with E-state index in [1.807, 2.05) is 27.7 Å². The topological polar surface area (TPSA) is 279 Å². The lowest BCUT2D eigenvalue weighted by Gasteiger charge is -2.54. The van der Waals surface area contributed by atoms with E-state index in [1.54, 1.807) is 26.0 Å².